The van der Waals surface area contributed by atoms with Crippen LogP contribution >= 0.6 is 11.6 Å². The van der Waals surface area contributed by atoms with E-state index >= 15 is 0 Å². The molecule has 0 aliphatic carbocycles. The Hall–Kier alpha value is -3.39. The van der Waals surface area contributed by atoms with Gasteiger partial charge < -0.3 is 14.6 Å². The number of amides is 2. The lowest BCUT2D eigenvalue weighted by molar-refractivity contribution is 0.199. The molecule has 1 unspecified atom stereocenters. The van der Waals surface area contributed by atoms with Gasteiger partial charge in [0.15, 0.2) is 11.6 Å². The predicted octanol–water partition coefficient (Wildman–Crippen LogP) is 5.69. The van der Waals surface area contributed by atoms with E-state index in [0.29, 0.717) is 28.4 Å². The molecule has 1 aliphatic heterocycles. The van der Waals surface area contributed by atoms with Crippen LogP contribution in [0.15, 0.2) is 52.7 Å². The van der Waals surface area contributed by atoms with E-state index in [9.17, 15) is 9.18 Å². The van der Waals surface area contributed by atoms with E-state index < -0.39 is 11.9 Å². The smallest absolute Gasteiger partial charge is 0.322 e. The molecule has 1 aliphatic rings. The number of hydrogen-bond acceptors (Lipinski definition) is 5. The van der Waals surface area contributed by atoms with Gasteiger partial charge in [-0.3, -0.25) is 4.90 Å². The van der Waals surface area contributed by atoms with Crippen molar-refractivity contribution in [2.24, 2.45) is 5.92 Å². The van der Waals surface area contributed by atoms with E-state index in [1.54, 1.807) is 23.1 Å². The van der Waals surface area contributed by atoms with Gasteiger partial charge in [-0.15, -0.1) is 0 Å². The molecule has 2 amide bonds. The molecule has 7 nitrogen and oxygen atoms in total. The van der Waals surface area contributed by atoms with E-state index in [1.807, 2.05) is 32.9 Å². The summed E-state index contributed by atoms with van der Waals surface area (Å²) in [6.45, 7) is 6.44. The Morgan fingerprint density at radius 3 is 2.73 bits per heavy atom. The van der Waals surface area contributed by atoms with E-state index in [0.717, 1.165) is 5.56 Å². The molecule has 0 bridgehead atoms. The Bertz CT molecular complexity index is 1220. The largest absolute Gasteiger partial charge is 0.494 e. The molecule has 0 radical (unpaired) electrons. The number of benzene rings is 2. The van der Waals surface area contributed by atoms with E-state index in [2.05, 4.69) is 15.5 Å². The van der Waals surface area contributed by atoms with Crippen LogP contribution in [0.5, 0.6) is 5.75 Å². The summed E-state index contributed by atoms with van der Waals surface area (Å²) in [4.78, 5) is 19.1. The molecule has 3 aromatic rings. The van der Waals surface area contributed by atoms with Crippen molar-refractivity contribution in [2.75, 3.05) is 13.7 Å². The summed E-state index contributed by atoms with van der Waals surface area (Å²) in [6, 6.07) is 10.9. The van der Waals surface area contributed by atoms with Crippen LogP contribution in [0.25, 0.3) is 17.0 Å². The summed E-state index contributed by atoms with van der Waals surface area (Å²) >= 11 is 6.22. The summed E-state index contributed by atoms with van der Waals surface area (Å²) in [5, 5.41) is 7.64. The number of rotatable bonds is 6. The van der Waals surface area contributed by atoms with Gasteiger partial charge in [-0.05, 0) is 48.7 Å². The van der Waals surface area contributed by atoms with E-state index in [1.165, 1.54) is 19.2 Å². The number of ether oxygens (including phenoxy) is 1. The topological polar surface area (TPSA) is 80.5 Å². The van der Waals surface area contributed by atoms with Gasteiger partial charge in [0.1, 0.15) is 0 Å². The molecule has 1 atom stereocenters. The van der Waals surface area contributed by atoms with Gasteiger partial charge in [-0.2, -0.15) is 4.98 Å². The first-order valence-electron chi connectivity index (χ1n) is 10.5. The number of carbonyl (C=O) groups excluding carboxylic acids is 1. The summed E-state index contributed by atoms with van der Waals surface area (Å²) in [5.74, 6) is 0.305. The number of nitrogens with zero attached hydrogens (tertiary/aromatic N) is 3. The molecule has 4 rings (SSSR count). The number of aromatic nitrogens is 2. The molecule has 1 N–H and O–H groups in total. The number of halogens is 2. The van der Waals surface area contributed by atoms with Crippen LogP contribution in [-0.4, -0.2) is 34.7 Å². The van der Waals surface area contributed by atoms with Crippen LogP contribution in [0.1, 0.15) is 38.3 Å². The van der Waals surface area contributed by atoms with Gasteiger partial charge in [-0.25, -0.2) is 9.18 Å². The maximum absolute atomic E-state index is 14.2. The first-order valence-corrected chi connectivity index (χ1v) is 10.9. The second-order valence-corrected chi connectivity index (χ2v) is 8.65. The highest BCUT2D eigenvalue weighted by molar-refractivity contribution is 6.30. The van der Waals surface area contributed by atoms with Crippen molar-refractivity contribution in [3.63, 3.8) is 0 Å². The van der Waals surface area contributed by atoms with Crippen LogP contribution in [0.4, 0.5) is 9.18 Å². The maximum Gasteiger partial charge on any atom is 0.322 e. The van der Waals surface area contributed by atoms with Crippen molar-refractivity contribution >= 4 is 23.2 Å². The minimum atomic E-state index is -0.541. The van der Waals surface area contributed by atoms with Crippen LogP contribution < -0.4 is 10.1 Å². The highest BCUT2D eigenvalue weighted by Gasteiger charge is 2.36. The molecule has 0 saturated heterocycles. The Morgan fingerprint density at radius 1 is 1.27 bits per heavy atom. The molecule has 2 aromatic carbocycles. The van der Waals surface area contributed by atoms with Crippen molar-refractivity contribution in [2.45, 2.75) is 26.8 Å². The van der Waals surface area contributed by atoms with Gasteiger partial charge in [0, 0.05) is 22.8 Å². The Balaban J connectivity index is 1.81. The third kappa shape index (κ3) is 4.57. The first-order chi connectivity index (χ1) is 15.8. The van der Waals surface area contributed by atoms with Crippen LogP contribution in [-0.2, 0) is 0 Å². The predicted molar refractivity (Wildman–Crippen MR) is 123 cm³/mol. The van der Waals surface area contributed by atoms with Gasteiger partial charge in [0.2, 0.25) is 5.82 Å². The summed E-state index contributed by atoms with van der Waals surface area (Å²) in [6.07, 6.45) is 0. The first kappa shape index (κ1) is 22.8. The quantitative estimate of drug-likeness (QED) is 0.500. The normalized spacial score (nSPS) is 16.4. The number of allylic oxidation sites excluding steroid dienone is 1. The zero-order chi connectivity index (χ0) is 23.7. The summed E-state index contributed by atoms with van der Waals surface area (Å²) in [5.41, 5.74) is 2.59. The van der Waals surface area contributed by atoms with Crippen molar-refractivity contribution in [3.05, 3.63) is 70.5 Å². The van der Waals surface area contributed by atoms with E-state index in [-0.39, 0.29) is 29.4 Å². The molecule has 0 saturated carbocycles. The Labute approximate surface area is 196 Å². The molecule has 9 heteroatoms. The van der Waals surface area contributed by atoms with Gasteiger partial charge >= 0.3 is 6.03 Å². The van der Waals surface area contributed by atoms with Crippen LogP contribution in [0.3, 0.4) is 0 Å². The number of methoxy groups -OCH3 is 1. The lowest BCUT2D eigenvalue weighted by Crippen LogP contribution is -2.47. The Kier molecular flexibility index (Phi) is 6.37. The molecule has 1 aromatic heterocycles. The highest BCUT2D eigenvalue weighted by Crippen LogP contribution is 2.38. The third-order valence-corrected chi connectivity index (χ3v) is 5.63. The fraction of sp³-hybridized carbons (Fsp3) is 0.292. The Morgan fingerprint density at radius 2 is 2.06 bits per heavy atom. The van der Waals surface area contributed by atoms with Crippen molar-refractivity contribution in [3.8, 4) is 17.1 Å². The van der Waals surface area contributed by atoms with Crippen molar-refractivity contribution in [1.29, 1.82) is 0 Å². The maximum atomic E-state index is 14.2. The number of carbonyl (C=O) groups is 1. The molecule has 0 spiro atoms. The average molecular weight is 471 g/mol. The van der Waals surface area contributed by atoms with Crippen LogP contribution in [0, 0.1) is 11.7 Å². The van der Waals surface area contributed by atoms with E-state index in [4.69, 9.17) is 20.9 Å². The lowest BCUT2D eigenvalue weighted by atomic mass is 9.94. The second-order valence-electron chi connectivity index (χ2n) is 8.21. The molecule has 33 heavy (non-hydrogen) atoms. The lowest BCUT2D eigenvalue weighted by Gasteiger charge is -2.36. The average Bonchev–Trinajstić information content (AvgIpc) is 3.25. The molecule has 2 heterocycles. The minimum absolute atomic E-state index is 0.126. The SMILES string of the molecule is COc1ccc(-c2noc(C3=C(C)N(CC(C)C)C(=O)NC3c3cccc(Cl)c3)n2)cc1F. The summed E-state index contributed by atoms with van der Waals surface area (Å²) < 4.78 is 24.8. The molecular weight excluding hydrogens is 447 g/mol. The van der Waals surface area contributed by atoms with Crippen LogP contribution in [0.2, 0.25) is 5.02 Å². The molecular formula is C24H24ClFN4O3. The summed E-state index contributed by atoms with van der Waals surface area (Å²) in [7, 11) is 1.40. The zero-order valence-corrected chi connectivity index (χ0v) is 19.5. The van der Waals surface area contributed by atoms with Crippen molar-refractivity contribution in [1.82, 2.24) is 20.4 Å². The van der Waals surface area contributed by atoms with Gasteiger partial charge in [-0.1, -0.05) is 42.7 Å². The molecule has 0 fully saturated rings. The number of urea groups is 1. The third-order valence-electron chi connectivity index (χ3n) is 5.39. The fourth-order valence-corrected chi connectivity index (χ4v) is 4.03. The number of hydrogen-bond donors (Lipinski definition) is 1. The highest BCUT2D eigenvalue weighted by atomic mass is 35.5. The van der Waals surface area contributed by atoms with Gasteiger partial charge in [0.25, 0.3) is 5.89 Å². The zero-order valence-electron chi connectivity index (χ0n) is 18.7. The monoisotopic (exact) mass is 470 g/mol. The number of nitrogens with one attached hydrogen (secondary N) is 1. The molecule has 172 valence electrons. The fourth-order valence-electron chi connectivity index (χ4n) is 3.84. The standard InChI is InChI=1S/C24H24ClFN4O3/c1-13(2)12-30-14(3)20(21(27-24(30)31)15-6-5-7-17(25)10-15)23-28-22(29-33-23)16-8-9-19(32-4)18(26)11-16/h5-11,13,21H,12H2,1-4H3,(H,27,31). The second kappa shape index (κ2) is 9.23. The minimum Gasteiger partial charge on any atom is -0.494 e. The van der Waals surface area contributed by atoms with Gasteiger partial charge in [0.05, 0.1) is 18.7 Å². The van der Waals surface area contributed by atoms with Crippen molar-refractivity contribution < 1.29 is 18.4 Å².